The number of para-hydroxylation sites is 1. The maximum absolute atomic E-state index is 11.8. The van der Waals surface area contributed by atoms with Crippen molar-refractivity contribution in [1.82, 2.24) is 0 Å². The van der Waals surface area contributed by atoms with Gasteiger partial charge in [-0.05, 0) is 31.4 Å². The van der Waals surface area contributed by atoms with E-state index in [1.807, 2.05) is 24.3 Å². The first-order chi connectivity index (χ1) is 7.81. The van der Waals surface area contributed by atoms with Gasteiger partial charge in [-0.25, -0.2) is 0 Å². The number of fused-ring (bicyclic) bond motifs is 1. The molecular formula is C13H16O3. The standard InChI is InChI=1S/C13H16O3/c14-8-4-3-5-10-9-12(15)11-6-1-2-7-13(11)16-10/h1-2,6-7,10,14H,3-5,8-9H2. The lowest BCUT2D eigenvalue weighted by Crippen LogP contribution is -2.26. The molecule has 3 heteroatoms. The summed E-state index contributed by atoms with van der Waals surface area (Å²) in [5.41, 5.74) is 0.695. The van der Waals surface area contributed by atoms with Crippen LogP contribution < -0.4 is 4.74 Å². The van der Waals surface area contributed by atoms with E-state index >= 15 is 0 Å². The van der Waals surface area contributed by atoms with Crippen LogP contribution in [0.15, 0.2) is 24.3 Å². The van der Waals surface area contributed by atoms with E-state index in [9.17, 15) is 4.79 Å². The Labute approximate surface area is 95.0 Å². The number of ketones is 1. The molecule has 0 saturated carbocycles. The molecule has 16 heavy (non-hydrogen) atoms. The number of unbranched alkanes of at least 4 members (excludes halogenated alkanes) is 1. The van der Waals surface area contributed by atoms with Crippen LogP contribution in [0, 0.1) is 0 Å². The van der Waals surface area contributed by atoms with Crippen LogP contribution in [0.3, 0.4) is 0 Å². The first-order valence-corrected chi connectivity index (χ1v) is 5.71. The monoisotopic (exact) mass is 220 g/mol. The third-order valence-electron chi connectivity index (χ3n) is 2.83. The van der Waals surface area contributed by atoms with E-state index in [1.165, 1.54) is 0 Å². The van der Waals surface area contributed by atoms with Crippen molar-refractivity contribution in [2.24, 2.45) is 0 Å². The summed E-state index contributed by atoms with van der Waals surface area (Å²) >= 11 is 0. The minimum atomic E-state index is -0.0195. The predicted octanol–water partition coefficient (Wildman–Crippen LogP) is 2.18. The number of hydrogen-bond donors (Lipinski definition) is 1. The van der Waals surface area contributed by atoms with Crippen LogP contribution in [0.4, 0.5) is 0 Å². The summed E-state index contributed by atoms with van der Waals surface area (Å²) < 4.78 is 5.75. The molecule has 1 aromatic rings. The van der Waals surface area contributed by atoms with Crippen LogP contribution in [0.2, 0.25) is 0 Å². The Balaban J connectivity index is 2.01. The Morgan fingerprint density at radius 3 is 2.94 bits per heavy atom. The minimum absolute atomic E-state index is 0.0195. The average molecular weight is 220 g/mol. The van der Waals surface area contributed by atoms with Gasteiger partial charge >= 0.3 is 0 Å². The summed E-state index contributed by atoms with van der Waals surface area (Å²) in [4.78, 5) is 11.8. The lowest BCUT2D eigenvalue weighted by Gasteiger charge is -2.24. The normalized spacial score (nSPS) is 19.1. The van der Waals surface area contributed by atoms with Gasteiger partial charge in [-0.2, -0.15) is 0 Å². The van der Waals surface area contributed by atoms with E-state index in [2.05, 4.69) is 0 Å². The fourth-order valence-corrected chi connectivity index (χ4v) is 1.98. The summed E-state index contributed by atoms with van der Waals surface area (Å²) in [6, 6.07) is 7.38. The molecule has 1 unspecified atom stereocenters. The lowest BCUT2D eigenvalue weighted by molar-refractivity contribution is 0.0833. The van der Waals surface area contributed by atoms with Gasteiger partial charge in [-0.1, -0.05) is 12.1 Å². The molecule has 1 aliphatic rings. The van der Waals surface area contributed by atoms with Crippen molar-refractivity contribution in [3.05, 3.63) is 29.8 Å². The Bertz CT molecular complexity index is 373. The topological polar surface area (TPSA) is 46.5 Å². The third-order valence-corrected chi connectivity index (χ3v) is 2.83. The summed E-state index contributed by atoms with van der Waals surface area (Å²) in [5.74, 6) is 0.864. The van der Waals surface area contributed by atoms with Crippen molar-refractivity contribution in [2.75, 3.05) is 6.61 Å². The molecule has 86 valence electrons. The highest BCUT2D eigenvalue weighted by molar-refractivity contribution is 5.99. The van der Waals surface area contributed by atoms with E-state index in [0.717, 1.165) is 19.3 Å². The number of carbonyl (C=O) groups is 1. The molecule has 0 amide bonds. The molecule has 1 N–H and O–H groups in total. The Morgan fingerprint density at radius 1 is 1.31 bits per heavy atom. The van der Waals surface area contributed by atoms with Gasteiger partial charge in [0.25, 0.3) is 0 Å². The van der Waals surface area contributed by atoms with Crippen molar-refractivity contribution in [1.29, 1.82) is 0 Å². The third kappa shape index (κ3) is 2.42. The molecule has 0 spiro atoms. The van der Waals surface area contributed by atoms with E-state index in [-0.39, 0.29) is 18.5 Å². The fourth-order valence-electron chi connectivity index (χ4n) is 1.98. The largest absolute Gasteiger partial charge is 0.489 e. The molecule has 0 fully saturated rings. The summed E-state index contributed by atoms with van der Waals surface area (Å²) in [6.07, 6.45) is 2.95. The van der Waals surface area contributed by atoms with Crippen molar-refractivity contribution >= 4 is 5.78 Å². The average Bonchev–Trinajstić information content (AvgIpc) is 2.30. The Hall–Kier alpha value is -1.35. The first kappa shape index (κ1) is 11.1. The van der Waals surface area contributed by atoms with Crippen LogP contribution in [0.25, 0.3) is 0 Å². The molecule has 1 atom stereocenters. The second-order valence-electron chi connectivity index (χ2n) is 4.08. The molecule has 0 radical (unpaired) electrons. The lowest BCUT2D eigenvalue weighted by atomic mass is 9.98. The van der Waals surface area contributed by atoms with Gasteiger partial charge in [-0.3, -0.25) is 4.79 Å². The van der Waals surface area contributed by atoms with Crippen LogP contribution in [-0.2, 0) is 0 Å². The zero-order valence-electron chi connectivity index (χ0n) is 9.19. The molecule has 3 nitrogen and oxygen atoms in total. The highest BCUT2D eigenvalue weighted by atomic mass is 16.5. The number of aliphatic hydroxyl groups excluding tert-OH is 1. The van der Waals surface area contributed by atoms with Gasteiger partial charge < -0.3 is 9.84 Å². The van der Waals surface area contributed by atoms with Crippen LogP contribution in [0.1, 0.15) is 36.0 Å². The molecule has 0 aromatic heterocycles. The number of rotatable bonds is 4. The van der Waals surface area contributed by atoms with Crippen molar-refractivity contribution < 1.29 is 14.6 Å². The molecule has 0 bridgehead atoms. The van der Waals surface area contributed by atoms with E-state index in [0.29, 0.717) is 17.7 Å². The SMILES string of the molecule is O=C1CC(CCCCO)Oc2ccccc21. The fraction of sp³-hybridized carbons (Fsp3) is 0.462. The number of ether oxygens (including phenoxy) is 1. The molecule has 1 aromatic carbocycles. The van der Waals surface area contributed by atoms with Gasteiger partial charge in [0.15, 0.2) is 5.78 Å². The van der Waals surface area contributed by atoms with E-state index in [1.54, 1.807) is 0 Å². The second kappa shape index (κ2) is 5.12. The quantitative estimate of drug-likeness (QED) is 0.791. The van der Waals surface area contributed by atoms with Gasteiger partial charge in [0, 0.05) is 13.0 Å². The van der Waals surface area contributed by atoms with Crippen molar-refractivity contribution in [3.8, 4) is 5.75 Å². The highest BCUT2D eigenvalue weighted by Crippen LogP contribution is 2.28. The predicted molar refractivity (Wildman–Crippen MR) is 60.7 cm³/mol. The summed E-state index contributed by atoms with van der Waals surface area (Å²) in [6.45, 7) is 0.206. The molecule has 1 aliphatic heterocycles. The van der Waals surface area contributed by atoms with Crippen molar-refractivity contribution in [2.45, 2.75) is 31.8 Å². The number of Topliss-reactive ketones (excluding diaryl/α,β-unsaturated/α-hetero) is 1. The maximum atomic E-state index is 11.8. The van der Waals surface area contributed by atoms with E-state index < -0.39 is 0 Å². The zero-order chi connectivity index (χ0) is 11.4. The second-order valence-corrected chi connectivity index (χ2v) is 4.08. The Morgan fingerprint density at radius 2 is 2.12 bits per heavy atom. The molecule has 0 saturated heterocycles. The minimum Gasteiger partial charge on any atom is -0.489 e. The molecule has 1 heterocycles. The number of aliphatic hydroxyl groups is 1. The van der Waals surface area contributed by atoms with Gasteiger partial charge in [0.05, 0.1) is 5.56 Å². The maximum Gasteiger partial charge on any atom is 0.170 e. The number of benzene rings is 1. The van der Waals surface area contributed by atoms with Crippen LogP contribution in [-0.4, -0.2) is 23.6 Å². The van der Waals surface area contributed by atoms with E-state index in [4.69, 9.17) is 9.84 Å². The number of carbonyl (C=O) groups excluding carboxylic acids is 1. The summed E-state index contributed by atoms with van der Waals surface area (Å²) in [7, 11) is 0. The Kier molecular flexibility index (Phi) is 3.57. The first-order valence-electron chi connectivity index (χ1n) is 5.71. The number of hydrogen-bond acceptors (Lipinski definition) is 3. The zero-order valence-corrected chi connectivity index (χ0v) is 9.19. The molecule has 2 rings (SSSR count). The molecule has 0 aliphatic carbocycles. The summed E-state index contributed by atoms with van der Waals surface area (Å²) in [5, 5.41) is 8.70. The van der Waals surface area contributed by atoms with Gasteiger partial charge in [0.2, 0.25) is 0 Å². The highest BCUT2D eigenvalue weighted by Gasteiger charge is 2.25. The van der Waals surface area contributed by atoms with Crippen molar-refractivity contribution in [3.63, 3.8) is 0 Å². The van der Waals surface area contributed by atoms with Gasteiger partial charge in [-0.15, -0.1) is 0 Å². The van der Waals surface area contributed by atoms with Gasteiger partial charge in [0.1, 0.15) is 11.9 Å². The van der Waals surface area contributed by atoms with Crippen LogP contribution >= 0.6 is 0 Å². The smallest absolute Gasteiger partial charge is 0.170 e. The van der Waals surface area contributed by atoms with Crippen LogP contribution in [0.5, 0.6) is 5.75 Å². The molecular weight excluding hydrogens is 204 g/mol.